The van der Waals surface area contributed by atoms with Crippen LogP contribution >= 0.6 is 23.2 Å². The van der Waals surface area contributed by atoms with Crippen LogP contribution in [0.3, 0.4) is 0 Å². The zero-order valence-electron chi connectivity index (χ0n) is 15.8. The Morgan fingerprint density at radius 1 is 1.03 bits per heavy atom. The maximum absolute atomic E-state index is 12.9. The third-order valence-electron chi connectivity index (χ3n) is 5.50. The lowest BCUT2D eigenvalue weighted by Gasteiger charge is -2.18. The summed E-state index contributed by atoms with van der Waals surface area (Å²) >= 11 is 12.1. The summed E-state index contributed by atoms with van der Waals surface area (Å²) in [6.45, 7) is 0.789. The first-order valence-corrected chi connectivity index (χ1v) is 10.3. The second kappa shape index (κ2) is 7.54. The monoisotopic (exact) mass is 441 g/mol. The molecule has 2 saturated heterocycles. The number of nitrogens with zero attached hydrogens (tertiary/aromatic N) is 3. The van der Waals surface area contributed by atoms with Crippen molar-refractivity contribution in [1.29, 1.82) is 0 Å². The summed E-state index contributed by atoms with van der Waals surface area (Å²) in [6, 6.07) is 11.8. The second-order valence-electron chi connectivity index (χ2n) is 7.48. The molecule has 2 aromatic carbocycles. The first kappa shape index (κ1) is 19.3. The molecule has 3 aromatic rings. The average molecular weight is 442 g/mol. The minimum Gasteiger partial charge on any atom is -0.372 e. The first-order chi connectivity index (χ1) is 14.5. The van der Waals surface area contributed by atoms with Gasteiger partial charge in [0.15, 0.2) is 0 Å². The number of amides is 3. The number of benzene rings is 2. The third-order valence-corrected chi connectivity index (χ3v) is 5.94. The smallest absolute Gasteiger partial charge is 0.332 e. The molecule has 2 atom stereocenters. The van der Waals surface area contributed by atoms with Crippen molar-refractivity contribution in [1.82, 2.24) is 9.88 Å². The number of hydrogen-bond donors (Lipinski definition) is 0. The highest BCUT2D eigenvalue weighted by molar-refractivity contribution is 6.35. The van der Waals surface area contributed by atoms with Crippen molar-refractivity contribution in [3.63, 3.8) is 0 Å². The van der Waals surface area contributed by atoms with Crippen molar-refractivity contribution in [2.75, 3.05) is 11.4 Å². The Morgan fingerprint density at radius 3 is 2.60 bits per heavy atom. The molecule has 0 bridgehead atoms. The number of halogens is 2. The number of rotatable bonds is 4. The van der Waals surface area contributed by atoms with Crippen LogP contribution in [0.5, 0.6) is 0 Å². The number of hydrogen-bond acceptors (Lipinski definition) is 4. The predicted molar refractivity (Wildman–Crippen MR) is 115 cm³/mol. The van der Waals surface area contributed by atoms with Gasteiger partial charge in [-0.2, -0.15) is 0 Å². The minimum atomic E-state index is -0.525. The van der Waals surface area contributed by atoms with E-state index >= 15 is 0 Å². The summed E-state index contributed by atoms with van der Waals surface area (Å²) < 4.78 is 6.03. The number of pyridine rings is 1. The van der Waals surface area contributed by atoms with Crippen molar-refractivity contribution >= 4 is 51.6 Å². The molecule has 1 aromatic heterocycles. The van der Waals surface area contributed by atoms with Crippen LogP contribution in [0, 0.1) is 0 Å². The number of imide groups is 1. The van der Waals surface area contributed by atoms with E-state index in [-0.39, 0.29) is 18.0 Å². The van der Waals surface area contributed by atoms with E-state index in [0.717, 1.165) is 21.2 Å². The number of aromatic nitrogens is 1. The molecule has 3 heterocycles. The van der Waals surface area contributed by atoms with Gasteiger partial charge in [-0.1, -0.05) is 35.3 Å². The van der Waals surface area contributed by atoms with E-state index in [1.165, 1.54) is 0 Å². The number of urea groups is 1. The van der Waals surface area contributed by atoms with E-state index in [1.807, 2.05) is 24.4 Å². The molecule has 0 radical (unpaired) electrons. The fourth-order valence-corrected chi connectivity index (χ4v) is 4.59. The van der Waals surface area contributed by atoms with Crippen LogP contribution in [0.25, 0.3) is 10.8 Å². The summed E-state index contributed by atoms with van der Waals surface area (Å²) in [5, 5.41) is 2.91. The molecule has 2 unspecified atom stereocenters. The Kier molecular flexibility index (Phi) is 4.85. The molecule has 0 saturated carbocycles. The second-order valence-corrected chi connectivity index (χ2v) is 8.35. The lowest BCUT2D eigenvalue weighted by molar-refractivity contribution is -0.119. The van der Waals surface area contributed by atoms with E-state index in [9.17, 15) is 9.59 Å². The Morgan fingerprint density at radius 2 is 1.83 bits per heavy atom. The zero-order valence-corrected chi connectivity index (χ0v) is 17.3. The summed E-state index contributed by atoms with van der Waals surface area (Å²) in [7, 11) is 0. The molecule has 2 fully saturated rings. The van der Waals surface area contributed by atoms with Crippen LogP contribution in [0.4, 0.5) is 10.5 Å². The normalized spacial score (nSPS) is 21.0. The van der Waals surface area contributed by atoms with Crippen molar-refractivity contribution in [3.8, 4) is 0 Å². The molecule has 6 nitrogen and oxygen atoms in total. The number of carbonyl (C=O) groups excluding carboxylic acids is 2. The van der Waals surface area contributed by atoms with Crippen LogP contribution in [0.1, 0.15) is 12.0 Å². The molecule has 0 aliphatic carbocycles. The van der Waals surface area contributed by atoms with Gasteiger partial charge >= 0.3 is 6.03 Å². The quantitative estimate of drug-likeness (QED) is 0.551. The van der Waals surface area contributed by atoms with Gasteiger partial charge in [-0.3, -0.25) is 9.78 Å². The van der Waals surface area contributed by atoms with Gasteiger partial charge in [0.25, 0.3) is 5.91 Å². The summed E-state index contributed by atoms with van der Waals surface area (Å²) in [6.07, 6.45) is 3.85. The topological polar surface area (TPSA) is 62.7 Å². The van der Waals surface area contributed by atoms with Gasteiger partial charge in [0.05, 0.1) is 18.4 Å². The van der Waals surface area contributed by atoms with Gasteiger partial charge in [0, 0.05) is 40.8 Å². The van der Waals surface area contributed by atoms with Gasteiger partial charge in [0.2, 0.25) is 0 Å². The molecular formula is C22H17Cl2N3O3. The maximum atomic E-state index is 12.9. The molecule has 3 amide bonds. The Bertz CT molecular complexity index is 1130. The van der Waals surface area contributed by atoms with Gasteiger partial charge in [-0.05, 0) is 41.3 Å². The summed E-state index contributed by atoms with van der Waals surface area (Å²) in [5.41, 5.74) is 1.42. The lowest BCUT2D eigenvalue weighted by Crippen LogP contribution is -2.35. The summed E-state index contributed by atoms with van der Waals surface area (Å²) in [5.74, 6) is -0.275. The van der Waals surface area contributed by atoms with Gasteiger partial charge in [0.1, 0.15) is 6.04 Å². The predicted octanol–water partition coefficient (Wildman–Crippen LogP) is 4.67. The SMILES string of the molecule is O=C1C2CC(OCc3ccc4cnccc4c3)CN2C(=O)N1c1cc(Cl)cc(Cl)c1. The van der Waals surface area contributed by atoms with Crippen molar-refractivity contribution in [3.05, 3.63) is 70.5 Å². The standard InChI is InChI=1S/C22H17Cl2N3O3/c23-16-6-17(24)8-18(7-16)27-21(28)20-9-19(11-26(20)22(27)29)30-12-13-1-2-15-10-25-4-3-14(15)5-13/h1-8,10,19-20H,9,11-12H2. The van der Waals surface area contributed by atoms with Crippen molar-refractivity contribution < 1.29 is 14.3 Å². The van der Waals surface area contributed by atoms with Gasteiger partial charge < -0.3 is 9.64 Å². The fourth-order valence-electron chi connectivity index (χ4n) is 4.08. The van der Waals surface area contributed by atoms with E-state index in [4.69, 9.17) is 27.9 Å². The molecule has 152 valence electrons. The van der Waals surface area contributed by atoms with E-state index in [1.54, 1.807) is 29.3 Å². The highest BCUT2D eigenvalue weighted by Gasteiger charge is 2.51. The van der Waals surface area contributed by atoms with E-state index < -0.39 is 6.04 Å². The first-order valence-electron chi connectivity index (χ1n) is 9.54. The average Bonchev–Trinajstić information content (AvgIpc) is 3.24. The van der Waals surface area contributed by atoms with E-state index in [0.29, 0.717) is 35.3 Å². The molecule has 2 aliphatic heterocycles. The Balaban J connectivity index is 1.27. The number of carbonyl (C=O) groups is 2. The Hall–Kier alpha value is -2.67. The molecule has 2 aliphatic rings. The molecule has 8 heteroatoms. The summed E-state index contributed by atoms with van der Waals surface area (Å²) in [4.78, 5) is 32.6. The number of anilines is 1. The third kappa shape index (κ3) is 3.41. The molecule has 30 heavy (non-hydrogen) atoms. The van der Waals surface area contributed by atoms with Crippen LogP contribution in [-0.4, -0.2) is 40.5 Å². The van der Waals surface area contributed by atoms with Crippen LogP contribution in [-0.2, 0) is 16.1 Å². The number of fused-ring (bicyclic) bond motifs is 2. The van der Waals surface area contributed by atoms with Crippen LogP contribution < -0.4 is 4.90 Å². The largest absolute Gasteiger partial charge is 0.372 e. The molecule has 0 N–H and O–H groups in total. The molecular weight excluding hydrogens is 425 g/mol. The molecule has 5 rings (SSSR count). The lowest BCUT2D eigenvalue weighted by atomic mass is 10.1. The highest BCUT2D eigenvalue weighted by atomic mass is 35.5. The molecule has 0 spiro atoms. The maximum Gasteiger partial charge on any atom is 0.332 e. The van der Waals surface area contributed by atoms with Crippen molar-refractivity contribution in [2.24, 2.45) is 0 Å². The van der Waals surface area contributed by atoms with E-state index in [2.05, 4.69) is 11.1 Å². The van der Waals surface area contributed by atoms with Gasteiger partial charge in [-0.25, -0.2) is 9.69 Å². The number of ether oxygens (including phenoxy) is 1. The van der Waals surface area contributed by atoms with Gasteiger partial charge in [-0.15, -0.1) is 0 Å². The van der Waals surface area contributed by atoms with Crippen LogP contribution in [0.2, 0.25) is 10.0 Å². The van der Waals surface area contributed by atoms with Crippen molar-refractivity contribution in [2.45, 2.75) is 25.2 Å². The highest BCUT2D eigenvalue weighted by Crippen LogP contribution is 2.35. The Labute approximate surface area is 182 Å². The van der Waals surface area contributed by atoms with Crippen LogP contribution in [0.15, 0.2) is 54.9 Å². The zero-order chi connectivity index (χ0) is 20.8. The fraction of sp³-hybridized carbons (Fsp3) is 0.227. The minimum absolute atomic E-state index is 0.193.